The molecule has 0 unspecified atom stereocenters. The molecule has 1 aliphatic heterocycles. The van der Waals surface area contributed by atoms with Crippen molar-refractivity contribution in [2.24, 2.45) is 5.73 Å². The molecule has 0 atom stereocenters. The zero-order chi connectivity index (χ0) is 11.5. The lowest BCUT2D eigenvalue weighted by Gasteiger charge is -2.18. The van der Waals surface area contributed by atoms with E-state index in [0.29, 0.717) is 4.99 Å². The lowest BCUT2D eigenvalue weighted by Crippen LogP contribution is -2.23. The van der Waals surface area contributed by atoms with Gasteiger partial charge in [0.2, 0.25) is 0 Å². The first kappa shape index (κ1) is 11.8. The van der Waals surface area contributed by atoms with Crippen molar-refractivity contribution in [1.82, 2.24) is 4.98 Å². The summed E-state index contributed by atoms with van der Waals surface area (Å²) >= 11 is 6.65. The minimum absolute atomic E-state index is 0.469. The van der Waals surface area contributed by atoms with Crippen LogP contribution in [0.4, 0.5) is 5.13 Å². The Morgan fingerprint density at radius 1 is 1.31 bits per heavy atom. The highest BCUT2D eigenvalue weighted by molar-refractivity contribution is 7.81. The Balaban J connectivity index is 2.19. The molecule has 3 nitrogen and oxygen atoms in total. The molecule has 2 rings (SSSR count). The molecule has 88 valence electrons. The Kier molecular flexibility index (Phi) is 3.76. The van der Waals surface area contributed by atoms with Crippen LogP contribution < -0.4 is 10.6 Å². The van der Waals surface area contributed by atoms with Crippen LogP contribution in [0.2, 0.25) is 0 Å². The lowest BCUT2D eigenvalue weighted by atomic mass is 10.2. The van der Waals surface area contributed by atoms with E-state index in [1.807, 2.05) is 6.92 Å². The number of hydrogen-bond donors (Lipinski definition) is 1. The molecule has 5 heteroatoms. The van der Waals surface area contributed by atoms with E-state index in [-0.39, 0.29) is 0 Å². The second-order valence-electron chi connectivity index (χ2n) is 4.18. The highest BCUT2D eigenvalue weighted by atomic mass is 32.1. The number of rotatable bonds is 2. The van der Waals surface area contributed by atoms with Crippen LogP contribution >= 0.6 is 23.6 Å². The quantitative estimate of drug-likeness (QED) is 0.824. The third-order valence-electron chi connectivity index (χ3n) is 2.89. The number of thiazole rings is 1. The first-order chi connectivity index (χ1) is 7.68. The molecule has 1 saturated heterocycles. The van der Waals surface area contributed by atoms with Crippen molar-refractivity contribution < 1.29 is 0 Å². The number of anilines is 1. The van der Waals surface area contributed by atoms with Gasteiger partial charge in [0.15, 0.2) is 5.13 Å². The first-order valence-electron chi connectivity index (χ1n) is 5.70. The predicted octanol–water partition coefficient (Wildman–Crippen LogP) is 2.47. The summed E-state index contributed by atoms with van der Waals surface area (Å²) in [6.45, 7) is 4.21. The summed E-state index contributed by atoms with van der Waals surface area (Å²) in [4.78, 5) is 8.38. The summed E-state index contributed by atoms with van der Waals surface area (Å²) in [5, 5.41) is 1.09. The minimum Gasteiger partial charge on any atom is -0.389 e. The third kappa shape index (κ3) is 2.52. The van der Waals surface area contributed by atoms with Crippen molar-refractivity contribution >= 4 is 33.7 Å². The van der Waals surface area contributed by atoms with Crippen molar-refractivity contribution in [1.29, 1.82) is 0 Å². The fraction of sp³-hybridized carbons (Fsp3) is 0.636. The molecule has 2 N–H and O–H groups in total. The summed E-state index contributed by atoms with van der Waals surface area (Å²) in [5.41, 5.74) is 6.64. The predicted molar refractivity (Wildman–Crippen MR) is 73.4 cm³/mol. The van der Waals surface area contributed by atoms with Gasteiger partial charge in [-0.1, -0.05) is 36.4 Å². The summed E-state index contributed by atoms with van der Waals surface area (Å²) in [5.74, 6) is 0. The number of aromatic nitrogens is 1. The van der Waals surface area contributed by atoms with E-state index in [0.717, 1.165) is 28.8 Å². The van der Waals surface area contributed by atoms with Crippen LogP contribution in [0.15, 0.2) is 0 Å². The summed E-state index contributed by atoms with van der Waals surface area (Å²) < 4.78 is 0. The molecule has 0 aliphatic carbocycles. The van der Waals surface area contributed by atoms with Gasteiger partial charge in [-0.05, 0) is 19.8 Å². The standard InChI is InChI=1S/C11H17N3S2/c1-8-9(10(12)15)16-11(13-8)14-6-4-2-3-5-7-14/h2-7H2,1H3,(H2,12,15). The van der Waals surface area contributed by atoms with Gasteiger partial charge in [-0.2, -0.15) is 0 Å². The second kappa shape index (κ2) is 5.10. The van der Waals surface area contributed by atoms with Crippen LogP contribution in [0.3, 0.4) is 0 Å². The molecule has 2 heterocycles. The third-order valence-corrected chi connectivity index (χ3v) is 4.47. The van der Waals surface area contributed by atoms with Crippen molar-refractivity contribution in [2.75, 3.05) is 18.0 Å². The summed E-state index contributed by atoms with van der Waals surface area (Å²) in [6, 6.07) is 0. The zero-order valence-corrected chi connectivity index (χ0v) is 11.2. The molecule has 1 aromatic heterocycles. The van der Waals surface area contributed by atoms with E-state index in [9.17, 15) is 0 Å². The van der Waals surface area contributed by atoms with Crippen molar-refractivity contribution in [2.45, 2.75) is 32.6 Å². The molecule has 1 aromatic rings. The molecule has 0 aromatic carbocycles. The topological polar surface area (TPSA) is 42.2 Å². The van der Waals surface area contributed by atoms with Crippen LogP contribution in [-0.2, 0) is 0 Å². The Labute approximate surface area is 106 Å². The van der Waals surface area contributed by atoms with Crippen molar-refractivity contribution in [3.8, 4) is 0 Å². The van der Waals surface area contributed by atoms with Crippen molar-refractivity contribution in [3.05, 3.63) is 10.6 Å². The summed E-state index contributed by atoms with van der Waals surface area (Å²) in [7, 11) is 0. The fourth-order valence-corrected chi connectivity index (χ4v) is 3.25. The van der Waals surface area contributed by atoms with E-state index in [1.54, 1.807) is 11.3 Å². The average molecular weight is 255 g/mol. The fourth-order valence-electron chi connectivity index (χ4n) is 2.01. The van der Waals surface area contributed by atoms with Gasteiger partial charge in [0.25, 0.3) is 0 Å². The normalized spacial score (nSPS) is 17.2. The van der Waals surface area contributed by atoms with Gasteiger partial charge in [0, 0.05) is 13.1 Å². The van der Waals surface area contributed by atoms with E-state index in [4.69, 9.17) is 18.0 Å². The highest BCUT2D eigenvalue weighted by Crippen LogP contribution is 2.27. The Bertz CT molecular complexity index is 379. The van der Waals surface area contributed by atoms with E-state index >= 15 is 0 Å². The molecule has 1 fully saturated rings. The van der Waals surface area contributed by atoms with Gasteiger partial charge in [0.1, 0.15) is 4.99 Å². The summed E-state index contributed by atoms with van der Waals surface area (Å²) in [6.07, 6.45) is 5.20. The first-order valence-corrected chi connectivity index (χ1v) is 6.93. The van der Waals surface area contributed by atoms with Crippen molar-refractivity contribution in [3.63, 3.8) is 0 Å². The maximum Gasteiger partial charge on any atom is 0.186 e. The van der Waals surface area contributed by atoms with Gasteiger partial charge >= 0.3 is 0 Å². The Hall–Kier alpha value is -0.680. The number of hydrogen-bond acceptors (Lipinski definition) is 4. The number of thiocarbonyl (C=S) groups is 1. The Morgan fingerprint density at radius 3 is 2.44 bits per heavy atom. The van der Waals surface area contributed by atoms with Crippen LogP contribution in [0, 0.1) is 6.92 Å². The van der Waals surface area contributed by atoms with Crippen LogP contribution in [0.5, 0.6) is 0 Å². The molecule has 0 amide bonds. The SMILES string of the molecule is Cc1nc(N2CCCCCC2)sc1C(N)=S. The lowest BCUT2D eigenvalue weighted by molar-refractivity contribution is 0.726. The van der Waals surface area contributed by atoms with Gasteiger partial charge in [-0.3, -0.25) is 0 Å². The molecule has 0 bridgehead atoms. The second-order valence-corrected chi connectivity index (χ2v) is 5.59. The average Bonchev–Trinajstić information content (AvgIpc) is 2.50. The van der Waals surface area contributed by atoms with E-state index in [2.05, 4.69) is 9.88 Å². The molecular formula is C11H17N3S2. The minimum atomic E-state index is 0.469. The van der Waals surface area contributed by atoms with E-state index in [1.165, 1.54) is 25.7 Å². The maximum atomic E-state index is 5.67. The molecular weight excluding hydrogens is 238 g/mol. The molecule has 1 aliphatic rings. The monoisotopic (exact) mass is 255 g/mol. The Morgan fingerprint density at radius 2 is 1.94 bits per heavy atom. The molecule has 0 spiro atoms. The van der Waals surface area contributed by atoms with Gasteiger partial charge < -0.3 is 10.6 Å². The number of nitrogens with two attached hydrogens (primary N) is 1. The molecule has 0 saturated carbocycles. The zero-order valence-electron chi connectivity index (χ0n) is 9.53. The molecule has 0 radical (unpaired) electrons. The maximum absolute atomic E-state index is 5.67. The van der Waals surface area contributed by atoms with Crippen LogP contribution in [0.25, 0.3) is 0 Å². The molecule has 16 heavy (non-hydrogen) atoms. The number of aryl methyl sites for hydroxylation is 1. The largest absolute Gasteiger partial charge is 0.389 e. The van der Waals surface area contributed by atoms with Crippen LogP contribution in [-0.4, -0.2) is 23.1 Å². The highest BCUT2D eigenvalue weighted by Gasteiger charge is 2.16. The van der Waals surface area contributed by atoms with Gasteiger partial charge in [-0.25, -0.2) is 4.98 Å². The van der Waals surface area contributed by atoms with Gasteiger partial charge in [-0.15, -0.1) is 0 Å². The van der Waals surface area contributed by atoms with Gasteiger partial charge in [0.05, 0.1) is 10.6 Å². The van der Waals surface area contributed by atoms with E-state index < -0.39 is 0 Å². The number of nitrogens with zero attached hydrogens (tertiary/aromatic N) is 2. The smallest absolute Gasteiger partial charge is 0.186 e. The van der Waals surface area contributed by atoms with Crippen LogP contribution in [0.1, 0.15) is 36.3 Å².